The lowest BCUT2D eigenvalue weighted by Crippen LogP contribution is -2.52. The van der Waals surface area contributed by atoms with Crippen molar-refractivity contribution in [1.29, 1.82) is 0 Å². The summed E-state index contributed by atoms with van der Waals surface area (Å²) in [5.41, 5.74) is 1.37. The van der Waals surface area contributed by atoms with Crippen molar-refractivity contribution in [2.24, 2.45) is 40.4 Å². The average Bonchev–Trinajstić information content (AvgIpc) is 3.10. The predicted octanol–water partition coefficient (Wildman–Crippen LogP) is 9.28. The van der Waals surface area contributed by atoms with Gasteiger partial charge in [0.25, 0.3) is 0 Å². The molecular formula is C29H52. The third-order valence-corrected chi connectivity index (χ3v) is 9.81. The molecule has 0 nitrogen and oxygen atoms in total. The first-order chi connectivity index (χ1) is 14.1. The number of fused-ring (bicyclic) bond motifs is 5. The summed E-state index contributed by atoms with van der Waals surface area (Å²) in [5, 5.41) is 0. The molecule has 7 unspecified atom stereocenters. The van der Waals surface area contributed by atoms with Crippen LogP contribution in [-0.4, -0.2) is 0 Å². The molecule has 0 heteroatoms. The van der Waals surface area contributed by atoms with E-state index in [-0.39, 0.29) is 0 Å². The van der Waals surface area contributed by atoms with Crippen molar-refractivity contribution >= 4 is 0 Å². The summed E-state index contributed by atoms with van der Waals surface area (Å²) in [5.74, 6) is 11.6. The van der Waals surface area contributed by atoms with Gasteiger partial charge in [-0.05, 0) is 112 Å². The van der Waals surface area contributed by atoms with Crippen LogP contribution in [0.2, 0.25) is 0 Å². The average molecular weight is 401 g/mol. The van der Waals surface area contributed by atoms with E-state index in [0.29, 0.717) is 10.8 Å². The number of rotatable bonds is 3. The van der Waals surface area contributed by atoms with Gasteiger partial charge in [-0.15, -0.1) is 11.8 Å². The predicted molar refractivity (Wildman–Crippen MR) is 130 cm³/mol. The van der Waals surface area contributed by atoms with Gasteiger partial charge in [0.15, 0.2) is 0 Å². The minimum Gasteiger partial charge on any atom is -0.107 e. The van der Waals surface area contributed by atoms with Crippen LogP contribution in [0.5, 0.6) is 0 Å². The molecule has 4 aliphatic carbocycles. The maximum atomic E-state index is 3.29. The molecule has 0 aliphatic heterocycles. The van der Waals surface area contributed by atoms with Gasteiger partial charge in [-0.2, -0.15) is 0 Å². The summed E-state index contributed by atoms with van der Waals surface area (Å²) in [6.45, 7) is 15.4. The molecular weight excluding hydrogens is 348 g/mol. The molecule has 0 spiro atoms. The van der Waals surface area contributed by atoms with Gasteiger partial charge in [-0.3, -0.25) is 0 Å². The van der Waals surface area contributed by atoms with E-state index in [2.05, 4.69) is 25.7 Å². The first-order valence-electron chi connectivity index (χ1n) is 13.5. The minimum absolute atomic E-state index is 0.665. The summed E-state index contributed by atoms with van der Waals surface area (Å²) in [6, 6.07) is 0. The SMILES string of the molecule is CC.CC.CC#CCCCC1CCC2C3CCC4CCCCC4(C)C3CCC12C. The molecule has 168 valence electrons. The topological polar surface area (TPSA) is 0 Å². The third-order valence-electron chi connectivity index (χ3n) is 9.81. The fourth-order valence-electron chi connectivity index (χ4n) is 8.44. The lowest BCUT2D eigenvalue weighted by Gasteiger charge is -2.60. The van der Waals surface area contributed by atoms with Crippen LogP contribution in [0.4, 0.5) is 0 Å². The van der Waals surface area contributed by atoms with E-state index in [9.17, 15) is 0 Å². The Hall–Kier alpha value is -0.440. The van der Waals surface area contributed by atoms with Crippen molar-refractivity contribution in [3.8, 4) is 11.8 Å². The Bertz CT molecular complexity index is 536. The second kappa shape index (κ2) is 11.3. The highest BCUT2D eigenvalue weighted by Crippen LogP contribution is 2.67. The summed E-state index contributed by atoms with van der Waals surface area (Å²) in [6.07, 6.45) is 19.3. The highest BCUT2D eigenvalue weighted by molar-refractivity contribution is 5.08. The van der Waals surface area contributed by atoms with Gasteiger partial charge in [0.2, 0.25) is 0 Å². The van der Waals surface area contributed by atoms with E-state index in [0.717, 1.165) is 36.0 Å². The summed E-state index contributed by atoms with van der Waals surface area (Å²) < 4.78 is 0. The highest BCUT2D eigenvalue weighted by Gasteiger charge is 2.59. The van der Waals surface area contributed by atoms with Crippen molar-refractivity contribution < 1.29 is 0 Å². The van der Waals surface area contributed by atoms with Crippen molar-refractivity contribution in [2.45, 2.75) is 132 Å². The Morgan fingerprint density at radius 1 is 0.759 bits per heavy atom. The van der Waals surface area contributed by atoms with Crippen LogP contribution in [0.15, 0.2) is 0 Å². The van der Waals surface area contributed by atoms with Crippen LogP contribution in [-0.2, 0) is 0 Å². The van der Waals surface area contributed by atoms with Crippen LogP contribution >= 0.6 is 0 Å². The number of hydrogen-bond acceptors (Lipinski definition) is 0. The molecule has 0 heterocycles. The van der Waals surface area contributed by atoms with E-state index >= 15 is 0 Å². The van der Waals surface area contributed by atoms with Gasteiger partial charge >= 0.3 is 0 Å². The second-order valence-corrected chi connectivity index (χ2v) is 10.5. The van der Waals surface area contributed by atoms with Gasteiger partial charge in [0.05, 0.1) is 0 Å². The maximum absolute atomic E-state index is 3.29. The molecule has 29 heavy (non-hydrogen) atoms. The van der Waals surface area contributed by atoms with E-state index in [1.165, 1.54) is 38.5 Å². The zero-order chi connectivity index (χ0) is 21.5. The normalized spacial score (nSPS) is 42.4. The lowest BCUT2D eigenvalue weighted by atomic mass is 9.45. The molecule has 4 saturated carbocycles. The van der Waals surface area contributed by atoms with E-state index in [4.69, 9.17) is 0 Å². The Kier molecular flexibility index (Phi) is 9.64. The molecule has 0 N–H and O–H groups in total. The molecule has 0 saturated heterocycles. The Balaban J connectivity index is 0.000000707. The van der Waals surface area contributed by atoms with Crippen LogP contribution in [0, 0.1) is 52.3 Å². The fourth-order valence-corrected chi connectivity index (χ4v) is 8.44. The maximum Gasteiger partial charge on any atom is 0.00886 e. The molecule has 0 aromatic heterocycles. The molecule has 0 aromatic rings. The summed E-state index contributed by atoms with van der Waals surface area (Å²) in [7, 11) is 0. The van der Waals surface area contributed by atoms with Crippen molar-refractivity contribution in [3.63, 3.8) is 0 Å². The van der Waals surface area contributed by atoms with Crippen LogP contribution in [0.25, 0.3) is 0 Å². The Morgan fingerprint density at radius 3 is 2.21 bits per heavy atom. The van der Waals surface area contributed by atoms with Crippen molar-refractivity contribution in [1.82, 2.24) is 0 Å². The first-order valence-corrected chi connectivity index (χ1v) is 13.5. The number of unbranched alkanes of at least 4 members (excludes halogenated alkanes) is 1. The van der Waals surface area contributed by atoms with E-state index < -0.39 is 0 Å². The van der Waals surface area contributed by atoms with Gasteiger partial charge in [0, 0.05) is 6.42 Å². The van der Waals surface area contributed by atoms with Crippen LogP contribution in [0.3, 0.4) is 0 Å². The van der Waals surface area contributed by atoms with Gasteiger partial charge in [-0.25, -0.2) is 0 Å². The number of hydrogen-bond donors (Lipinski definition) is 0. The molecule has 4 rings (SSSR count). The van der Waals surface area contributed by atoms with Gasteiger partial charge in [0.1, 0.15) is 0 Å². The standard InChI is InChI=1S/C25H40.2C2H6/c1-4-5-6-7-10-20-13-15-22-21-14-12-19-11-8-9-17-24(19,2)23(21)16-18-25(20,22)3;2*1-2/h19-23H,6-18H2,1-3H3;2*1-2H3. The molecule has 4 aliphatic rings. The molecule has 4 fully saturated rings. The smallest absolute Gasteiger partial charge is 0.00886 e. The second-order valence-electron chi connectivity index (χ2n) is 10.5. The van der Waals surface area contributed by atoms with Crippen molar-refractivity contribution in [2.75, 3.05) is 0 Å². The fraction of sp³-hybridized carbons (Fsp3) is 0.931. The third kappa shape index (κ3) is 4.75. The zero-order valence-electron chi connectivity index (χ0n) is 21.1. The van der Waals surface area contributed by atoms with Gasteiger partial charge < -0.3 is 0 Å². The van der Waals surface area contributed by atoms with Gasteiger partial charge in [-0.1, -0.05) is 54.4 Å². The first kappa shape index (κ1) is 24.8. The quantitative estimate of drug-likeness (QED) is 0.327. The van der Waals surface area contributed by atoms with Crippen molar-refractivity contribution in [3.05, 3.63) is 0 Å². The Morgan fingerprint density at radius 2 is 1.48 bits per heavy atom. The summed E-state index contributed by atoms with van der Waals surface area (Å²) in [4.78, 5) is 0. The van der Waals surface area contributed by atoms with E-state index in [1.807, 2.05) is 34.6 Å². The summed E-state index contributed by atoms with van der Waals surface area (Å²) >= 11 is 0. The zero-order valence-corrected chi connectivity index (χ0v) is 21.1. The van der Waals surface area contributed by atoms with Crippen LogP contribution < -0.4 is 0 Å². The molecule has 0 amide bonds. The molecule has 7 atom stereocenters. The highest BCUT2D eigenvalue weighted by atomic mass is 14.6. The Labute approximate surface area is 184 Å². The monoisotopic (exact) mass is 400 g/mol. The minimum atomic E-state index is 0.665. The molecule has 0 radical (unpaired) electrons. The molecule has 0 aromatic carbocycles. The lowest BCUT2D eigenvalue weighted by molar-refractivity contribution is -0.111. The van der Waals surface area contributed by atoms with E-state index in [1.54, 1.807) is 38.5 Å². The van der Waals surface area contributed by atoms with Crippen LogP contribution in [0.1, 0.15) is 132 Å². The largest absolute Gasteiger partial charge is 0.107 e. The molecule has 0 bridgehead atoms.